The van der Waals surface area contributed by atoms with Crippen LogP contribution in [0.25, 0.3) is 0 Å². The summed E-state index contributed by atoms with van der Waals surface area (Å²) in [5.74, 6) is -0.00332. The molecule has 0 aliphatic carbocycles. The van der Waals surface area contributed by atoms with Crippen molar-refractivity contribution in [2.45, 2.75) is 25.4 Å². The molecule has 1 aromatic rings. The topological polar surface area (TPSA) is 72.9 Å². The predicted octanol–water partition coefficient (Wildman–Crippen LogP) is 1.16. The van der Waals surface area contributed by atoms with Crippen molar-refractivity contribution in [3.05, 3.63) is 34.9 Å². The van der Waals surface area contributed by atoms with Gasteiger partial charge in [0.2, 0.25) is 0 Å². The van der Waals surface area contributed by atoms with Crippen molar-refractivity contribution < 1.29 is 14.7 Å². The third-order valence-corrected chi connectivity index (χ3v) is 4.46. The Hall–Kier alpha value is -2.08. The summed E-state index contributed by atoms with van der Waals surface area (Å²) in [6.07, 6.45) is 0.612. The first-order chi connectivity index (χ1) is 10.5. The third-order valence-electron chi connectivity index (χ3n) is 4.46. The maximum Gasteiger partial charge on any atom is 0.404 e. The zero-order chi connectivity index (χ0) is 15.7. The fraction of sp³-hybridized carbons (Fsp3) is 0.500. The minimum Gasteiger partial charge on any atom is -0.465 e. The Morgan fingerprint density at radius 1 is 1.27 bits per heavy atom. The van der Waals surface area contributed by atoms with E-state index < -0.39 is 6.09 Å². The summed E-state index contributed by atoms with van der Waals surface area (Å²) in [5.41, 5.74) is 3.25. The van der Waals surface area contributed by atoms with Crippen LogP contribution in [0, 0.1) is 0 Å². The summed E-state index contributed by atoms with van der Waals surface area (Å²) in [5, 5.41) is 11.2. The molecule has 3 rings (SSSR count). The van der Waals surface area contributed by atoms with Gasteiger partial charge in [-0.15, -0.1) is 0 Å². The van der Waals surface area contributed by atoms with Crippen molar-refractivity contribution in [2.75, 3.05) is 26.7 Å². The molecule has 22 heavy (non-hydrogen) atoms. The van der Waals surface area contributed by atoms with Gasteiger partial charge < -0.3 is 20.2 Å². The Balaban J connectivity index is 1.69. The minimum absolute atomic E-state index is 0.00332. The van der Waals surface area contributed by atoms with Crippen LogP contribution in [0.3, 0.4) is 0 Å². The Morgan fingerprint density at radius 3 is 2.86 bits per heavy atom. The number of hydrogen-bond acceptors (Lipinski definition) is 3. The predicted molar refractivity (Wildman–Crippen MR) is 81.9 cm³/mol. The number of carbonyl (C=O) groups is 2. The zero-order valence-electron chi connectivity index (χ0n) is 12.7. The average Bonchev–Trinajstić information content (AvgIpc) is 2.93. The number of hydrogen-bond donors (Lipinski definition) is 2. The highest BCUT2D eigenvalue weighted by molar-refractivity contribution is 5.94. The smallest absolute Gasteiger partial charge is 0.404 e. The summed E-state index contributed by atoms with van der Waals surface area (Å²) in [6.45, 7) is 2.99. The molecular weight excluding hydrogens is 282 g/mol. The maximum absolute atomic E-state index is 12.6. The molecule has 6 nitrogen and oxygen atoms in total. The molecule has 0 unspecified atom stereocenters. The van der Waals surface area contributed by atoms with Crippen LogP contribution in [0.15, 0.2) is 18.2 Å². The van der Waals surface area contributed by atoms with Gasteiger partial charge in [-0.2, -0.15) is 0 Å². The third kappa shape index (κ3) is 3.06. The molecule has 2 aliphatic rings. The number of fused-ring (bicyclic) bond motifs is 1. The number of carboxylic acid groups (broad SMARTS) is 1. The lowest BCUT2D eigenvalue weighted by molar-refractivity contribution is 0.0788. The molecule has 1 saturated heterocycles. The van der Waals surface area contributed by atoms with Gasteiger partial charge >= 0.3 is 6.09 Å². The average molecular weight is 303 g/mol. The van der Waals surface area contributed by atoms with E-state index in [0.29, 0.717) is 25.1 Å². The summed E-state index contributed by atoms with van der Waals surface area (Å²) in [6, 6.07) is 5.77. The second kappa shape index (κ2) is 5.96. The molecule has 1 atom stereocenters. The van der Waals surface area contributed by atoms with Crippen LogP contribution in [0.2, 0.25) is 0 Å². The van der Waals surface area contributed by atoms with Crippen molar-refractivity contribution in [1.82, 2.24) is 15.1 Å². The highest BCUT2D eigenvalue weighted by atomic mass is 16.4. The van der Waals surface area contributed by atoms with E-state index in [9.17, 15) is 9.59 Å². The van der Waals surface area contributed by atoms with Crippen molar-refractivity contribution in [1.29, 1.82) is 0 Å². The quantitative estimate of drug-likeness (QED) is 0.860. The van der Waals surface area contributed by atoms with E-state index in [-0.39, 0.29) is 11.9 Å². The molecule has 0 saturated carbocycles. The largest absolute Gasteiger partial charge is 0.465 e. The molecule has 1 fully saturated rings. The summed E-state index contributed by atoms with van der Waals surface area (Å²) in [4.78, 5) is 27.2. The van der Waals surface area contributed by atoms with Crippen molar-refractivity contribution in [3.8, 4) is 0 Å². The maximum atomic E-state index is 12.6. The van der Waals surface area contributed by atoms with Gasteiger partial charge in [0.05, 0.1) is 6.04 Å². The Kier molecular flexibility index (Phi) is 4.02. The molecular formula is C16H21N3O3. The molecule has 2 amide bonds. The number of likely N-dealkylation sites (tertiary alicyclic amines) is 1. The lowest BCUT2D eigenvalue weighted by atomic mass is 9.97. The number of nitrogens with zero attached hydrogens (tertiary/aromatic N) is 2. The SMILES string of the molecule is CN1CCc2cc(C(=O)N3CC[C@@H](NC(=O)O)C3)ccc2C1. The summed E-state index contributed by atoms with van der Waals surface area (Å²) < 4.78 is 0. The summed E-state index contributed by atoms with van der Waals surface area (Å²) in [7, 11) is 2.10. The van der Waals surface area contributed by atoms with E-state index in [2.05, 4.69) is 17.3 Å². The molecule has 0 spiro atoms. The van der Waals surface area contributed by atoms with Crippen LogP contribution in [-0.2, 0) is 13.0 Å². The van der Waals surface area contributed by atoms with Gasteiger partial charge in [-0.1, -0.05) is 6.07 Å². The van der Waals surface area contributed by atoms with Gasteiger partial charge in [0.1, 0.15) is 0 Å². The van der Waals surface area contributed by atoms with Gasteiger partial charge in [-0.05, 0) is 43.1 Å². The lowest BCUT2D eigenvalue weighted by Crippen LogP contribution is -2.37. The number of amides is 2. The second-order valence-electron chi connectivity index (χ2n) is 6.16. The molecule has 118 valence electrons. The van der Waals surface area contributed by atoms with Crippen LogP contribution >= 0.6 is 0 Å². The number of rotatable bonds is 2. The monoisotopic (exact) mass is 303 g/mol. The van der Waals surface area contributed by atoms with E-state index in [4.69, 9.17) is 5.11 Å². The van der Waals surface area contributed by atoms with Crippen LogP contribution in [-0.4, -0.2) is 59.6 Å². The Morgan fingerprint density at radius 2 is 2.09 bits per heavy atom. The first kappa shape index (κ1) is 14.8. The van der Waals surface area contributed by atoms with Crippen LogP contribution in [0.5, 0.6) is 0 Å². The summed E-state index contributed by atoms with van der Waals surface area (Å²) >= 11 is 0. The van der Waals surface area contributed by atoms with E-state index in [1.54, 1.807) is 4.90 Å². The standard InChI is InChI=1S/C16H21N3O3/c1-18-6-4-11-8-12(2-3-13(11)9-18)15(20)19-7-5-14(10-19)17-16(21)22/h2-3,8,14,17H,4-7,9-10H2,1H3,(H,21,22)/t14-/m1/s1. The number of benzene rings is 1. The molecule has 6 heteroatoms. The Labute approximate surface area is 129 Å². The normalized spacial score (nSPS) is 21.5. The van der Waals surface area contributed by atoms with Crippen LogP contribution < -0.4 is 5.32 Å². The highest BCUT2D eigenvalue weighted by Gasteiger charge is 2.28. The van der Waals surface area contributed by atoms with Crippen molar-refractivity contribution >= 4 is 12.0 Å². The van der Waals surface area contributed by atoms with Crippen molar-refractivity contribution in [3.63, 3.8) is 0 Å². The van der Waals surface area contributed by atoms with E-state index in [0.717, 1.165) is 19.5 Å². The Bertz CT molecular complexity index is 602. The number of nitrogens with one attached hydrogen (secondary N) is 1. The van der Waals surface area contributed by atoms with Gasteiger partial charge in [-0.3, -0.25) is 4.79 Å². The fourth-order valence-electron chi connectivity index (χ4n) is 3.25. The first-order valence-corrected chi connectivity index (χ1v) is 7.62. The second-order valence-corrected chi connectivity index (χ2v) is 6.16. The molecule has 1 aromatic carbocycles. The molecule has 0 radical (unpaired) electrons. The van der Waals surface area contributed by atoms with Crippen LogP contribution in [0.1, 0.15) is 27.9 Å². The van der Waals surface area contributed by atoms with Gasteiger partial charge in [-0.25, -0.2) is 4.79 Å². The minimum atomic E-state index is -1.03. The molecule has 2 aliphatic heterocycles. The first-order valence-electron chi connectivity index (χ1n) is 7.62. The zero-order valence-corrected chi connectivity index (χ0v) is 12.7. The molecule has 2 N–H and O–H groups in total. The van der Waals surface area contributed by atoms with E-state index in [1.165, 1.54) is 11.1 Å². The molecule has 2 heterocycles. The number of likely N-dealkylation sites (N-methyl/N-ethyl adjacent to an activating group) is 1. The fourth-order valence-corrected chi connectivity index (χ4v) is 3.25. The highest BCUT2D eigenvalue weighted by Crippen LogP contribution is 2.21. The van der Waals surface area contributed by atoms with Crippen LogP contribution in [0.4, 0.5) is 4.79 Å². The van der Waals surface area contributed by atoms with Gasteiger partial charge in [0.15, 0.2) is 0 Å². The van der Waals surface area contributed by atoms with E-state index >= 15 is 0 Å². The van der Waals surface area contributed by atoms with Gasteiger partial charge in [0, 0.05) is 31.7 Å². The number of carbonyl (C=O) groups excluding carboxylic acids is 1. The van der Waals surface area contributed by atoms with Gasteiger partial charge in [0.25, 0.3) is 5.91 Å². The molecule has 0 aromatic heterocycles. The van der Waals surface area contributed by atoms with E-state index in [1.807, 2.05) is 18.2 Å². The lowest BCUT2D eigenvalue weighted by Gasteiger charge is -2.25. The van der Waals surface area contributed by atoms with Crippen molar-refractivity contribution in [2.24, 2.45) is 0 Å². The molecule has 0 bridgehead atoms.